The molecule has 1 unspecified atom stereocenters. The van der Waals surface area contributed by atoms with Crippen LogP contribution >= 0.6 is 11.3 Å². The van der Waals surface area contributed by atoms with Crippen LogP contribution in [0.25, 0.3) is 0 Å². The van der Waals surface area contributed by atoms with Crippen LogP contribution in [0.2, 0.25) is 0 Å². The van der Waals surface area contributed by atoms with Crippen LogP contribution in [-0.4, -0.2) is 11.5 Å². The average molecular weight is 282 g/mol. The van der Waals surface area contributed by atoms with Crippen LogP contribution in [0.1, 0.15) is 35.5 Å². The van der Waals surface area contributed by atoms with E-state index >= 15 is 0 Å². The minimum atomic E-state index is -0.526. The van der Waals surface area contributed by atoms with Gasteiger partial charge < -0.3 is 5.32 Å². The van der Waals surface area contributed by atoms with E-state index in [1.807, 2.05) is 13.8 Å². The zero-order chi connectivity index (χ0) is 13.8. The van der Waals surface area contributed by atoms with Crippen molar-refractivity contribution >= 4 is 11.3 Å². The van der Waals surface area contributed by atoms with Crippen LogP contribution in [0, 0.1) is 18.6 Å². The molecule has 0 aliphatic carbocycles. The van der Waals surface area contributed by atoms with Gasteiger partial charge in [0.05, 0.1) is 17.2 Å². The maximum absolute atomic E-state index is 14.0. The van der Waals surface area contributed by atoms with Crippen molar-refractivity contribution in [3.05, 3.63) is 51.5 Å². The molecular weight excluding hydrogens is 266 g/mol. The Morgan fingerprint density at radius 2 is 2.00 bits per heavy atom. The second-order valence-corrected chi connectivity index (χ2v) is 5.21. The van der Waals surface area contributed by atoms with Gasteiger partial charge in [0.2, 0.25) is 0 Å². The Labute approximate surface area is 115 Å². The van der Waals surface area contributed by atoms with Crippen molar-refractivity contribution in [3.63, 3.8) is 0 Å². The number of nitrogens with one attached hydrogen (secondary N) is 1. The van der Waals surface area contributed by atoms with E-state index in [9.17, 15) is 8.78 Å². The minimum absolute atomic E-state index is 0.0725. The summed E-state index contributed by atoms with van der Waals surface area (Å²) in [5.41, 5.74) is 2.58. The first-order valence-electron chi connectivity index (χ1n) is 6.22. The summed E-state index contributed by atoms with van der Waals surface area (Å²) in [5, 5.41) is 3.20. The number of benzene rings is 1. The predicted octanol–water partition coefficient (Wildman–Crippen LogP) is 3.82. The lowest BCUT2D eigenvalue weighted by molar-refractivity contribution is 0.505. The van der Waals surface area contributed by atoms with Gasteiger partial charge in [0.1, 0.15) is 11.6 Å². The number of thiazole rings is 1. The summed E-state index contributed by atoms with van der Waals surface area (Å²) < 4.78 is 27.9. The van der Waals surface area contributed by atoms with Crippen LogP contribution in [0.15, 0.2) is 23.7 Å². The molecule has 2 rings (SSSR count). The van der Waals surface area contributed by atoms with Gasteiger partial charge in [-0.05, 0) is 32.0 Å². The molecule has 2 nitrogen and oxygen atoms in total. The van der Waals surface area contributed by atoms with E-state index in [-0.39, 0.29) is 5.56 Å². The van der Waals surface area contributed by atoms with E-state index in [4.69, 9.17) is 0 Å². The minimum Gasteiger partial charge on any atom is -0.305 e. The molecule has 0 spiro atoms. The van der Waals surface area contributed by atoms with Crippen molar-refractivity contribution in [1.29, 1.82) is 0 Å². The molecule has 0 aliphatic heterocycles. The van der Waals surface area contributed by atoms with E-state index in [0.717, 1.165) is 17.0 Å². The topological polar surface area (TPSA) is 24.9 Å². The van der Waals surface area contributed by atoms with E-state index < -0.39 is 17.7 Å². The fraction of sp³-hybridized carbons (Fsp3) is 0.357. The Kier molecular flexibility index (Phi) is 4.61. The van der Waals surface area contributed by atoms with Crippen LogP contribution in [0.5, 0.6) is 0 Å². The van der Waals surface area contributed by atoms with Crippen molar-refractivity contribution in [2.45, 2.75) is 26.3 Å². The summed E-state index contributed by atoms with van der Waals surface area (Å²) in [6.07, 6.45) is 0.893. The molecule has 0 saturated carbocycles. The normalized spacial score (nSPS) is 12.6. The Morgan fingerprint density at radius 3 is 2.53 bits per heavy atom. The van der Waals surface area contributed by atoms with Crippen molar-refractivity contribution < 1.29 is 8.78 Å². The standard InChI is InChI=1S/C14H16F2N2S/c1-3-7-17-13(14-9(2)18-8-19-14)12-10(15)5-4-6-11(12)16/h4-6,8,13,17H,3,7H2,1-2H3. The SMILES string of the molecule is CCCNC(c1scnc1C)c1c(F)cccc1F. The lowest BCUT2D eigenvalue weighted by atomic mass is 10.0. The lowest BCUT2D eigenvalue weighted by Crippen LogP contribution is -2.25. The predicted molar refractivity (Wildman–Crippen MR) is 73.3 cm³/mol. The Balaban J connectivity index is 2.46. The number of hydrogen-bond acceptors (Lipinski definition) is 3. The Morgan fingerprint density at radius 1 is 1.32 bits per heavy atom. The smallest absolute Gasteiger partial charge is 0.131 e. The highest BCUT2D eigenvalue weighted by atomic mass is 32.1. The summed E-state index contributed by atoms with van der Waals surface area (Å²) in [6, 6.07) is 3.48. The first-order valence-corrected chi connectivity index (χ1v) is 7.10. The van der Waals surface area contributed by atoms with Crippen molar-refractivity contribution in [2.75, 3.05) is 6.54 Å². The molecule has 19 heavy (non-hydrogen) atoms. The van der Waals surface area contributed by atoms with Gasteiger partial charge in [0.15, 0.2) is 0 Å². The third-order valence-electron chi connectivity index (χ3n) is 2.93. The van der Waals surface area contributed by atoms with Crippen molar-refractivity contribution in [1.82, 2.24) is 10.3 Å². The van der Waals surface area contributed by atoms with Crippen LogP contribution in [0.4, 0.5) is 8.78 Å². The largest absolute Gasteiger partial charge is 0.305 e. The molecule has 1 aromatic carbocycles. The van der Waals surface area contributed by atoms with Crippen molar-refractivity contribution in [2.24, 2.45) is 0 Å². The highest BCUT2D eigenvalue weighted by molar-refractivity contribution is 7.09. The summed E-state index contributed by atoms with van der Waals surface area (Å²) in [6.45, 7) is 4.56. The van der Waals surface area contributed by atoms with Gasteiger partial charge in [-0.2, -0.15) is 0 Å². The number of aromatic nitrogens is 1. The molecular formula is C14H16F2N2S. The van der Waals surface area contributed by atoms with E-state index in [0.29, 0.717) is 6.54 Å². The molecule has 5 heteroatoms. The quantitative estimate of drug-likeness (QED) is 0.901. The molecule has 2 aromatic rings. The molecule has 102 valence electrons. The van der Waals surface area contributed by atoms with E-state index in [1.54, 1.807) is 5.51 Å². The average Bonchev–Trinajstić information content (AvgIpc) is 2.79. The molecule has 0 bridgehead atoms. The van der Waals surface area contributed by atoms with Gasteiger partial charge in [-0.3, -0.25) is 0 Å². The second-order valence-electron chi connectivity index (χ2n) is 4.32. The summed E-state index contributed by atoms with van der Waals surface area (Å²) in [4.78, 5) is 5.02. The molecule has 0 amide bonds. The Bertz CT molecular complexity index is 534. The summed E-state index contributed by atoms with van der Waals surface area (Å²) in [7, 11) is 0. The van der Waals surface area contributed by atoms with E-state index in [2.05, 4.69) is 10.3 Å². The highest BCUT2D eigenvalue weighted by Gasteiger charge is 2.24. The number of hydrogen-bond donors (Lipinski definition) is 1. The van der Waals surface area contributed by atoms with Crippen LogP contribution in [0.3, 0.4) is 0 Å². The zero-order valence-corrected chi connectivity index (χ0v) is 11.7. The van der Waals surface area contributed by atoms with Gasteiger partial charge in [0, 0.05) is 10.4 Å². The van der Waals surface area contributed by atoms with Crippen LogP contribution < -0.4 is 5.32 Å². The fourth-order valence-corrected chi connectivity index (χ4v) is 2.87. The van der Waals surface area contributed by atoms with E-state index in [1.165, 1.54) is 29.5 Å². The summed E-state index contributed by atoms with van der Waals surface area (Å²) >= 11 is 1.41. The fourth-order valence-electron chi connectivity index (χ4n) is 1.99. The third-order valence-corrected chi connectivity index (χ3v) is 3.93. The Hall–Kier alpha value is -1.33. The molecule has 0 saturated heterocycles. The maximum atomic E-state index is 14.0. The highest BCUT2D eigenvalue weighted by Crippen LogP contribution is 2.31. The summed E-state index contributed by atoms with van der Waals surface area (Å²) in [5.74, 6) is -1.05. The van der Waals surface area contributed by atoms with Crippen molar-refractivity contribution in [3.8, 4) is 0 Å². The van der Waals surface area contributed by atoms with Gasteiger partial charge in [-0.25, -0.2) is 13.8 Å². The van der Waals surface area contributed by atoms with Gasteiger partial charge in [0.25, 0.3) is 0 Å². The molecule has 1 aromatic heterocycles. The van der Waals surface area contributed by atoms with Gasteiger partial charge in [-0.15, -0.1) is 11.3 Å². The maximum Gasteiger partial charge on any atom is 0.131 e. The lowest BCUT2D eigenvalue weighted by Gasteiger charge is -2.19. The second kappa shape index (κ2) is 6.21. The molecule has 0 fully saturated rings. The molecule has 1 heterocycles. The number of aryl methyl sites for hydroxylation is 1. The molecule has 0 radical (unpaired) electrons. The van der Waals surface area contributed by atoms with Gasteiger partial charge in [-0.1, -0.05) is 13.0 Å². The molecule has 1 N–H and O–H groups in total. The molecule has 0 aliphatic rings. The first kappa shape index (κ1) is 14.1. The first-order chi connectivity index (χ1) is 9.15. The number of rotatable bonds is 5. The third kappa shape index (κ3) is 2.98. The van der Waals surface area contributed by atoms with Gasteiger partial charge >= 0.3 is 0 Å². The zero-order valence-electron chi connectivity index (χ0n) is 10.9. The number of halogens is 2. The number of nitrogens with zero attached hydrogens (tertiary/aromatic N) is 1. The van der Waals surface area contributed by atoms with Crippen LogP contribution in [-0.2, 0) is 0 Å². The molecule has 1 atom stereocenters. The monoisotopic (exact) mass is 282 g/mol.